The minimum atomic E-state index is 0.247. The average Bonchev–Trinajstić information content (AvgIpc) is 2.42. The molecule has 1 aromatic carbocycles. The van der Waals surface area contributed by atoms with Crippen molar-refractivity contribution in [1.29, 1.82) is 0 Å². The number of alkyl halides is 1. The van der Waals surface area contributed by atoms with Gasteiger partial charge in [0.05, 0.1) is 7.11 Å². The first-order valence-corrected chi connectivity index (χ1v) is 7.22. The molecular formula is C16H18BrNO. The smallest absolute Gasteiger partial charge is 0.122 e. The molecule has 1 heterocycles. The van der Waals surface area contributed by atoms with E-state index in [0.29, 0.717) is 0 Å². The highest BCUT2D eigenvalue weighted by Gasteiger charge is 2.11. The number of halogens is 1. The highest BCUT2D eigenvalue weighted by Crippen LogP contribution is 2.30. The second-order valence-electron chi connectivity index (χ2n) is 4.73. The van der Waals surface area contributed by atoms with Crippen LogP contribution in [0.5, 0.6) is 5.75 Å². The van der Waals surface area contributed by atoms with Crippen molar-refractivity contribution in [1.82, 2.24) is 4.98 Å². The number of rotatable bonds is 4. The Labute approximate surface area is 123 Å². The molecule has 0 saturated carbocycles. The van der Waals surface area contributed by atoms with Gasteiger partial charge in [0.2, 0.25) is 0 Å². The Morgan fingerprint density at radius 1 is 1.21 bits per heavy atom. The molecule has 1 unspecified atom stereocenters. The summed E-state index contributed by atoms with van der Waals surface area (Å²) in [5.41, 5.74) is 4.64. The molecule has 0 aliphatic rings. The first-order valence-electron chi connectivity index (χ1n) is 6.30. The van der Waals surface area contributed by atoms with Crippen molar-refractivity contribution in [2.24, 2.45) is 0 Å². The van der Waals surface area contributed by atoms with Crippen molar-refractivity contribution >= 4 is 15.9 Å². The summed E-state index contributed by atoms with van der Waals surface area (Å²) in [6, 6.07) is 10.5. The van der Waals surface area contributed by atoms with Crippen molar-refractivity contribution in [2.45, 2.75) is 25.1 Å². The molecule has 1 aromatic heterocycles. The molecule has 2 aromatic rings. The maximum absolute atomic E-state index is 5.37. The Balaban J connectivity index is 2.15. The first kappa shape index (κ1) is 14.1. The summed E-state index contributed by atoms with van der Waals surface area (Å²) in [5, 5.41) is 0. The minimum Gasteiger partial charge on any atom is -0.496 e. The summed E-state index contributed by atoms with van der Waals surface area (Å²) >= 11 is 3.73. The molecule has 2 rings (SSSR count). The molecule has 0 aliphatic carbocycles. The quantitative estimate of drug-likeness (QED) is 0.780. The van der Waals surface area contributed by atoms with Gasteiger partial charge < -0.3 is 4.74 Å². The molecule has 0 aliphatic heterocycles. The van der Waals surface area contributed by atoms with Gasteiger partial charge in [0.1, 0.15) is 5.75 Å². The second kappa shape index (κ2) is 6.20. The molecule has 100 valence electrons. The fourth-order valence-corrected chi connectivity index (χ4v) is 2.57. The highest BCUT2D eigenvalue weighted by atomic mass is 79.9. The zero-order valence-electron chi connectivity index (χ0n) is 11.5. The lowest BCUT2D eigenvalue weighted by Crippen LogP contribution is -1.99. The van der Waals surface area contributed by atoms with Crippen molar-refractivity contribution in [3.8, 4) is 5.75 Å². The van der Waals surface area contributed by atoms with Gasteiger partial charge in [-0.05, 0) is 42.7 Å². The van der Waals surface area contributed by atoms with Gasteiger partial charge in [0, 0.05) is 23.1 Å². The van der Waals surface area contributed by atoms with E-state index in [4.69, 9.17) is 4.74 Å². The molecule has 0 bridgehead atoms. The van der Waals surface area contributed by atoms with Gasteiger partial charge in [0.15, 0.2) is 0 Å². The van der Waals surface area contributed by atoms with Gasteiger partial charge in [-0.2, -0.15) is 0 Å². The summed E-state index contributed by atoms with van der Waals surface area (Å²) in [6.45, 7) is 4.10. The van der Waals surface area contributed by atoms with E-state index in [1.165, 1.54) is 11.1 Å². The van der Waals surface area contributed by atoms with Crippen molar-refractivity contribution in [3.05, 3.63) is 58.9 Å². The number of hydrogen-bond acceptors (Lipinski definition) is 2. The maximum atomic E-state index is 5.37. The van der Waals surface area contributed by atoms with E-state index in [1.807, 2.05) is 20.0 Å². The van der Waals surface area contributed by atoms with Crippen molar-refractivity contribution in [3.63, 3.8) is 0 Å². The Morgan fingerprint density at radius 2 is 2.00 bits per heavy atom. The Morgan fingerprint density at radius 3 is 2.63 bits per heavy atom. The molecule has 19 heavy (non-hydrogen) atoms. The highest BCUT2D eigenvalue weighted by molar-refractivity contribution is 9.09. The lowest BCUT2D eigenvalue weighted by molar-refractivity contribution is 0.411. The largest absolute Gasteiger partial charge is 0.496 e. The average molecular weight is 320 g/mol. The van der Waals surface area contributed by atoms with Crippen LogP contribution in [-0.4, -0.2) is 12.1 Å². The number of pyridine rings is 1. The number of aryl methyl sites for hydroxylation is 2. The summed E-state index contributed by atoms with van der Waals surface area (Å²) < 4.78 is 5.37. The van der Waals surface area contributed by atoms with Crippen molar-refractivity contribution in [2.75, 3.05) is 7.11 Å². The molecule has 1 atom stereocenters. The summed E-state index contributed by atoms with van der Waals surface area (Å²) in [4.78, 5) is 4.69. The molecule has 0 radical (unpaired) electrons. The minimum absolute atomic E-state index is 0.247. The van der Waals surface area contributed by atoms with Crippen LogP contribution in [0.25, 0.3) is 0 Å². The van der Waals surface area contributed by atoms with Crippen LogP contribution in [0.1, 0.15) is 27.2 Å². The predicted octanol–water partition coefficient (Wildman–Crippen LogP) is 4.39. The summed E-state index contributed by atoms with van der Waals surface area (Å²) in [6.07, 6.45) is 2.78. The van der Waals surface area contributed by atoms with E-state index in [-0.39, 0.29) is 4.83 Å². The van der Waals surface area contributed by atoms with E-state index >= 15 is 0 Å². The number of ether oxygens (including phenoxy) is 1. The fourth-order valence-electron chi connectivity index (χ4n) is 1.95. The maximum Gasteiger partial charge on any atom is 0.122 e. The van der Waals surface area contributed by atoms with Crippen LogP contribution in [0, 0.1) is 13.8 Å². The van der Waals surface area contributed by atoms with Crippen LogP contribution in [0.2, 0.25) is 0 Å². The van der Waals surface area contributed by atoms with Gasteiger partial charge in [-0.25, -0.2) is 0 Å². The van der Waals surface area contributed by atoms with E-state index < -0.39 is 0 Å². The molecule has 3 heteroatoms. The van der Waals surface area contributed by atoms with Gasteiger partial charge in [-0.3, -0.25) is 4.98 Å². The van der Waals surface area contributed by atoms with E-state index in [2.05, 4.69) is 51.2 Å². The molecule has 0 saturated heterocycles. The lowest BCUT2D eigenvalue weighted by atomic mass is 10.0. The zero-order valence-corrected chi connectivity index (χ0v) is 13.1. The number of aromatic nitrogens is 1. The van der Waals surface area contributed by atoms with Crippen LogP contribution >= 0.6 is 15.9 Å². The van der Waals surface area contributed by atoms with Gasteiger partial charge in [-0.1, -0.05) is 34.1 Å². The molecule has 0 amide bonds. The van der Waals surface area contributed by atoms with E-state index in [9.17, 15) is 0 Å². The molecular weight excluding hydrogens is 302 g/mol. The molecule has 0 spiro atoms. The number of methoxy groups -OCH3 is 1. The number of nitrogens with zero attached hydrogens (tertiary/aromatic N) is 1. The summed E-state index contributed by atoms with van der Waals surface area (Å²) in [5.74, 6) is 0.929. The standard InChI is InChI=1S/C16H18BrNO/c1-11-4-7-14(18-10-11)9-15(17)13-6-5-12(2)16(8-13)19-3/h4-8,10,15H,9H2,1-3H3. The monoisotopic (exact) mass is 319 g/mol. The van der Waals surface area contributed by atoms with Crippen LogP contribution in [-0.2, 0) is 6.42 Å². The Kier molecular flexibility index (Phi) is 4.59. The number of benzene rings is 1. The predicted molar refractivity (Wildman–Crippen MR) is 82.1 cm³/mol. The molecule has 2 nitrogen and oxygen atoms in total. The van der Waals surface area contributed by atoms with Crippen molar-refractivity contribution < 1.29 is 4.74 Å². The van der Waals surface area contributed by atoms with Crippen LogP contribution in [0.15, 0.2) is 36.5 Å². The third-order valence-corrected chi connectivity index (χ3v) is 4.01. The zero-order chi connectivity index (χ0) is 13.8. The Bertz CT molecular complexity index is 551. The van der Waals surface area contributed by atoms with Crippen LogP contribution in [0.4, 0.5) is 0 Å². The van der Waals surface area contributed by atoms with E-state index in [0.717, 1.165) is 23.4 Å². The van der Waals surface area contributed by atoms with E-state index in [1.54, 1.807) is 7.11 Å². The Hall–Kier alpha value is -1.35. The summed E-state index contributed by atoms with van der Waals surface area (Å²) in [7, 11) is 1.71. The molecule has 0 N–H and O–H groups in total. The lowest BCUT2D eigenvalue weighted by Gasteiger charge is -2.13. The third kappa shape index (κ3) is 3.57. The van der Waals surface area contributed by atoms with Gasteiger partial charge in [-0.15, -0.1) is 0 Å². The SMILES string of the molecule is COc1cc(C(Br)Cc2ccc(C)cn2)ccc1C. The topological polar surface area (TPSA) is 22.1 Å². The van der Waals surface area contributed by atoms with Crippen LogP contribution < -0.4 is 4.74 Å². The third-order valence-electron chi connectivity index (χ3n) is 3.15. The first-order chi connectivity index (χ1) is 9.10. The second-order valence-corrected chi connectivity index (χ2v) is 5.83. The normalized spacial score (nSPS) is 12.2. The van der Waals surface area contributed by atoms with Crippen LogP contribution in [0.3, 0.4) is 0 Å². The fraction of sp³-hybridized carbons (Fsp3) is 0.312. The van der Waals surface area contributed by atoms with Gasteiger partial charge in [0.25, 0.3) is 0 Å². The molecule has 0 fully saturated rings. The number of hydrogen-bond donors (Lipinski definition) is 0. The van der Waals surface area contributed by atoms with Gasteiger partial charge >= 0.3 is 0 Å².